The number of rotatable bonds is 4. The first kappa shape index (κ1) is 14.7. The molecule has 0 radical (unpaired) electrons. The van der Waals surface area contributed by atoms with Crippen LogP contribution >= 0.6 is 0 Å². The third kappa shape index (κ3) is 3.46. The Morgan fingerprint density at radius 2 is 2.05 bits per heavy atom. The highest BCUT2D eigenvalue weighted by atomic mass is 16.6. The largest absolute Gasteiger partial charge is 0.872 e. The van der Waals surface area contributed by atoms with Crippen LogP contribution in [0.3, 0.4) is 0 Å². The van der Waals surface area contributed by atoms with Gasteiger partial charge < -0.3 is 14.9 Å². The summed E-state index contributed by atoms with van der Waals surface area (Å²) in [5.41, 5.74) is 0.545. The smallest absolute Gasteiger partial charge is 0.269 e. The summed E-state index contributed by atoms with van der Waals surface area (Å²) >= 11 is 0. The highest BCUT2D eigenvalue weighted by molar-refractivity contribution is 5.41. The van der Waals surface area contributed by atoms with Crippen LogP contribution in [0.25, 0.3) is 0 Å². The molecule has 1 aliphatic rings. The standard InChI is InChI=1S/C14H21N3O3/c1-15-7-5-12(6-8-15)16(2)10-11-9-13(17(19)20)3-4-14(11)18/h3-4,9,12,18H,5-8,10H2,1-2H3/p+1. The Kier molecular flexibility index (Phi) is 4.57. The van der Waals surface area contributed by atoms with E-state index < -0.39 is 4.92 Å². The molecule has 1 aliphatic heterocycles. The molecule has 0 aromatic heterocycles. The molecule has 6 nitrogen and oxygen atoms in total. The minimum absolute atomic E-state index is 0.000205. The minimum Gasteiger partial charge on any atom is -0.872 e. The second-order valence-corrected chi connectivity index (χ2v) is 5.80. The molecular weight excluding hydrogens is 258 g/mol. The Labute approximate surface area is 118 Å². The third-order valence-corrected chi connectivity index (χ3v) is 4.26. The molecule has 0 saturated carbocycles. The first-order valence-corrected chi connectivity index (χ1v) is 7.05. The van der Waals surface area contributed by atoms with Gasteiger partial charge in [0.1, 0.15) is 6.54 Å². The van der Waals surface area contributed by atoms with Crippen LogP contribution in [-0.4, -0.2) is 38.2 Å². The second-order valence-electron chi connectivity index (χ2n) is 5.80. The summed E-state index contributed by atoms with van der Waals surface area (Å²) in [6, 6.07) is 4.54. The molecule has 110 valence electrons. The number of nitro benzene ring substituents is 1. The molecule has 2 N–H and O–H groups in total. The zero-order valence-corrected chi connectivity index (χ0v) is 12.0. The molecule has 6 heteroatoms. The fourth-order valence-corrected chi connectivity index (χ4v) is 2.87. The van der Waals surface area contributed by atoms with Crippen LogP contribution in [0.1, 0.15) is 18.4 Å². The number of non-ortho nitro benzene ring substituents is 1. The van der Waals surface area contributed by atoms with Crippen molar-refractivity contribution in [1.29, 1.82) is 0 Å². The van der Waals surface area contributed by atoms with E-state index in [1.807, 2.05) is 0 Å². The Balaban J connectivity index is 2.05. The van der Waals surface area contributed by atoms with Crippen molar-refractivity contribution in [3.8, 4) is 5.75 Å². The van der Waals surface area contributed by atoms with Gasteiger partial charge in [0.25, 0.3) is 5.69 Å². The van der Waals surface area contributed by atoms with Gasteiger partial charge in [0.2, 0.25) is 0 Å². The molecule has 0 aliphatic carbocycles. The maximum atomic E-state index is 11.8. The van der Waals surface area contributed by atoms with Crippen molar-refractivity contribution in [2.45, 2.75) is 25.4 Å². The lowest BCUT2D eigenvalue weighted by atomic mass is 10.0. The van der Waals surface area contributed by atoms with Gasteiger partial charge in [-0.25, -0.2) is 0 Å². The molecule has 0 amide bonds. The number of hydrogen-bond acceptors (Lipinski definition) is 3. The van der Waals surface area contributed by atoms with Gasteiger partial charge in [0.05, 0.1) is 38.2 Å². The fraction of sp³-hybridized carbons (Fsp3) is 0.571. The van der Waals surface area contributed by atoms with Crippen LogP contribution in [0.5, 0.6) is 5.75 Å². The summed E-state index contributed by atoms with van der Waals surface area (Å²) in [6.07, 6.45) is 2.28. The summed E-state index contributed by atoms with van der Waals surface area (Å²) in [7, 11) is 4.27. The Morgan fingerprint density at radius 3 is 2.65 bits per heavy atom. The lowest BCUT2D eigenvalue weighted by Gasteiger charge is -2.31. The lowest BCUT2D eigenvalue weighted by molar-refractivity contribution is -0.948. The van der Waals surface area contributed by atoms with E-state index >= 15 is 0 Å². The van der Waals surface area contributed by atoms with E-state index in [-0.39, 0.29) is 11.4 Å². The fourth-order valence-electron chi connectivity index (χ4n) is 2.87. The van der Waals surface area contributed by atoms with Crippen molar-refractivity contribution < 1.29 is 19.8 Å². The molecule has 20 heavy (non-hydrogen) atoms. The monoisotopic (exact) mass is 280 g/mol. The Bertz CT molecular complexity index is 485. The molecule has 2 rings (SSSR count). The van der Waals surface area contributed by atoms with E-state index in [1.54, 1.807) is 4.90 Å². The summed E-state index contributed by atoms with van der Waals surface area (Å²) in [5.74, 6) is -0.103. The van der Waals surface area contributed by atoms with Crippen LogP contribution in [0.4, 0.5) is 5.69 Å². The van der Waals surface area contributed by atoms with E-state index in [1.165, 1.54) is 23.1 Å². The molecular formula is C14H22N3O3+. The SMILES string of the molecule is C[NH+]1CCC([NH+](C)Cc2cc([N+](=O)[O-])ccc2[O-])CC1. The first-order valence-electron chi connectivity index (χ1n) is 7.05. The summed E-state index contributed by atoms with van der Waals surface area (Å²) in [4.78, 5) is 13.2. The van der Waals surface area contributed by atoms with Gasteiger partial charge in [-0.1, -0.05) is 11.8 Å². The number of likely N-dealkylation sites (tertiary alicyclic amines) is 1. The average molecular weight is 280 g/mol. The van der Waals surface area contributed by atoms with Crippen LogP contribution in [0.15, 0.2) is 18.2 Å². The summed E-state index contributed by atoms with van der Waals surface area (Å²) in [6.45, 7) is 2.87. The van der Waals surface area contributed by atoms with Crippen molar-refractivity contribution in [2.24, 2.45) is 0 Å². The Morgan fingerprint density at radius 1 is 1.40 bits per heavy atom. The number of nitro groups is 1. The van der Waals surface area contributed by atoms with E-state index in [4.69, 9.17) is 0 Å². The molecule has 1 saturated heterocycles. The molecule has 1 aromatic rings. The van der Waals surface area contributed by atoms with E-state index in [2.05, 4.69) is 14.1 Å². The van der Waals surface area contributed by atoms with Gasteiger partial charge in [-0.05, 0) is 0 Å². The number of benzene rings is 1. The molecule has 0 spiro atoms. The van der Waals surface area contributed by atoms with Gasteiger partial charge in [-0.3, -0.25) is 10.1 Å². The zero-order valence-electron chi connectivity index (χ0n) is 12.0. The van der Waals surface area contributed by atoms with Gasteiger partial charge in [-0.2, -0.15) is 0 Å². The van der Waals surface area contributed by atoms with E-state index in [9.17, 15) is 15.2 Å². The van der Waals surface area contributed by atoms with E-state index in [0.717, 1.165) is 25.9 Å². The highest BCUT2D eigenvalue weighted by Crippen LogP contribution is 2.20. The van der Waals surface area contributed by atoms with Crippen molar-refractivity contribution in [1.82, 2.24) is 0 Å². The van der Waals surface area contributed by atoms with Gasteiger partial charge in [0.15, 0.2) is 0 Å². The molecule has 1 heterocycles. The van der Waals surface area contributed by atoms with Crippen molar-refractivity contribution in [2.75, 3.05) is 27.2 Å². The van der Waals surface area contributed by atoms with Crippen molar-refractivity contribution in [3.63, 3.8) is 0 Å². The lowest BCUT2D eigenvalue weighted by Crippen LogP contribution is -3.17. The molecule has 1 atom stereocenters. The number of piperidine rings is 1. The molecule has 1 fully saturated rings. The predicted octanol–water partition coefficient (Wildman–Crippen LogP) is -1.64. The molecule has 1 unspecified atom stereocenters. The van der Waals surface area contributed by atoms with Crippen LogP contribution < -0.4 is 14.9 Å². The summed E-state index contributed by atoms with van der Waals surface area (Å²) < 4.78 is 0. The topological polar surface area (TPSA) is 75.1 Å². The van der Waals surface area contributed by atoms with Crippen LogP contribution in [-0.2, 0) is 6.54 Å². The molecule has 1 aromatic carbocycles. The summed E-state index contributed by atoms with van der Waals surface area (Å²) in [5, 5.41) is 22.6. The maximum Gasteiger partial charge on any atom is 0.269 e. The highest BCUT2D eigenvalue weighted by Gasteiger charge is 2.26. The van der Waals surface area contributed by atoms with Crippen LogP contribution in [0, 0.1) is 10.1 Å². The van der Waals surface area contributed by atoms with Crippen molar-refractivity contribution >= 4 is 5.69 Å². The minimum atomic E-state index is -0.447. The zero-order chi connectivity index (χ0) is 14.7. The number of hydrogen-bond donors (Lipinski definition) is 2. The quantitative estimate of drug-likeness (QED) is 0.513. The average Bonchev–Trinajstić information content (AvgIpc) is 2.41. The van der Waals surface area contributed by atoms with Crippen LogP contribution in [0.2, 0.25) is 0 Å². The van der Waals surface area contributed by atoms with Crippen molar-refractivity contribution in [3.05, 3.63) is 33.9 Å². The first-order chi connectivity index (χ1) is 9.47. The maximum absolute atomic E-state index is 11.8. The van der Waals surface area contributed by atoms with Gasteiger partial charge >= 0.3 is 0 Å². The Hall–Kier alpha value is -1.66. The van der Waals surface area contributed by atoms with Gasteiger partial charge in [-0.15, -0.1) is 0 Å². The number of quaternary nitrogens is 2. The predicted molar refractivity (Wildman–Crippen MR) is 72.8 cm³/mol. The van der Waals surface area contributed by atoms with Gasteiger partial charge in [0, 0.05) is 30.5 Å². The number of nitrogens with zero attached hydrogens (tertiary/aromatic N) is 1. The number of nitrogens with one attached hydrogen (secondary N) is 2. The third-order valence-electron chi connectivity index (χ3n) is 4.26. The van der Waals surface area contributed by atoms with E-state index in [0.29, 0.717) is 18.2 Å². The second kappa shape index (κ2) is 6.19. The normalized spacial score (nSPS) is 24.3. The molecule has 0 bridgehead atoms.